The lowest BCUT2D eigenvalue weighted by molar-refractivity contribution is -0.143. The van der Waals surface area contributed by atoms with Crippen LogP contribution >= 0.6 is 11.8 Å². The van der Waals surface area contributed by atoms with Gasteiger partial charge < -0.3 is 9.15 Å². The van der Waals surface area contributed by atoms with Gasteiger partial charge in [-0.2, -0.15) is 26.3 Å². The lowest BCUT2D eigenvalue weighted by Gasteiger charge is -2.14. The van der Waals surface area contributed by atoms with Gasteiger partial charge in [-0.1, -0.05) is 42.1 Å². The zero-order valence-corrected chi connectivity index (χ0v) is 22.8. The van der Waals surface area contributed by atoms with Crippen molar-refractivity contribution in [3.05, 3.63) is 113 Å². The van der Waals surface area contributed by atoms with Crippen molar-refractivity contribution < 1.29 is 40.3 Å². The molecule has 2 aromatic heterocycles. The highest BCUT2D eigenvalue weighted by Crippen LogP contribution is 2.37. The van der Waals surface area contributed by atoms with E-state index in [4.69, 9.17) is 9.15 Å². The van der Waals surface area contributed by atoms with Gasteiger partial charge in [-0.15, -0.1) is 10.2 Å². The first kappa shape index (κ1) is 30.0. The number of benzene rings is 3. The van der Waals surface area contributed by atoms with E-state index in [2.05, 4.69) is 10.2 Å². The molecular weight excluding hydrogens is 596 g/mol. The summed E-state index contributed by atoms with van der Waals surface area (Å²) >= 11 is 0.941. The average molecular weight is 618 g/mol. The molecule has 43 heavy (non-hydrogen) atoms. The lowest BCUT2D eigenvalue weighted by Crippen LogP contribution is -2.14. The minimum atomic E-state index is -5.01. The van der Waals surface area contributed by atoms with Crippen LogP contribution in [0.2, 0.25) is 0 Å². The van der Waals surface area contributed by atoms with Gasteiger partial charge in [0.1, 0.15) is 18.1 Å². The third kappa shape index (κ3) is 7.47. The number of nitrogens with zero attached hydrogens (tertiary/aromatic N) is 3. The first-order valence-electron chi connectivity index (χ1n) is 12.7. The molecule has 0 radical (unpaired) electrons. The van der Waals surface area contributed by atoms with E-state index in [-0.39, 0.29) is 17.0 Å². The molecule has 2 heterocycles. The monoisotopic (exact) mass is 617 g/mol. The molecule has 0 N–H and O–H groups in total. The zero-order chi connectivity index (χ0) is 30.6. The Hall–Kier alpha value is -4.52. The van der Waals surface area contributed by atoms with Crippen LogP contribution in [0.4, 0.5) is 26.3 Å². The summed E-state index contributed by atoms with van der Waals surface area (Å²) in [6.45, 7) is 0.365. The van der Waals surface area contributed by atoms with Crippen LogP contribution in [0, 0.1) is 0 Å². The van der Waals surface area contributed by atoms with Gasteiger partial charge in [0.2, 0.25) is 5.82 Å². The maximum absolute atomic E-state index is 13.2. The number of alkyl halides is 6. The first-order chi connectivity index (χ1) is 20.5. The SMILES string of the molecule is O=C(CSc1nnc(-c2ccco2)n1-c1ccc(OCc2ccccc2)cc1)Cc1cc(C(F)(F)F)cc(C(F)(F)F)c1. The number of hydrogen-bond donors (Lipinski definition) is 0. The van der Waals surface area contributed by atoms with E-state index in [1.807, 2.05) is 30.3 Å². The van der Waals surface area contributed by atoms with E-state index < -0.39 is 41.2 Å². The van der Waals surface area contributed by atoms with Crippen molar-refractivity contribution in [2.24, 2.45) is 0 Å². The molecule has 0 aliphatic carbocycles. The molecule has 0 saturated heterocycles. The van der Waals surface area contributed by atoms with Crippen molar-refractivity contribution in [1.82, 2.24) is 14.8 Å². The Bertz CT molecular complexity index is 1650. The van der Waals surface area contributed by atoms with E-state index in [9.17, 15) is 31.1 Å². The number of ether oxygens (including phenoxy) is 1. The van der Waals surface area contributed by atoms with Crippen LogP contribution in [-0.2, 0) is 30.2 Å². The van der Waals surface area contributed by atoms with E-state index in [0.717, 1.165) is 17.3 Å². The van der Waals surface area contributed by atoms with Crippen LogP contribution in [0.3, 0.4) is 0 Å². The predicted molar refractivity (Wildman–Crippen MR) is 146 cm³/mol. The lowest BCUT2D eigenvalue weighted by atomic mass is 10.0. The number of Topliss-reactive ketones (excluding diaryl/α,β-unsaturated/α-hetero) is 1. The van der Waals surface area contributed by atoms with E-state index in [0.29, 0.717) is 41.8 Å². The number of ketones is 1. The van der Waals surface area contributed by atoms with Crippen molar-refractivity contribution in [3.8, 4) is 23.0 Å². The fraction of sp³-hybridized carbons (Fsp3) is 0.167. The largest absolute Gasteiger partial charge is 0.489 e. The van der Waals surface area contributed by atoms with Gasteiger partial charge in [0.15, 0.2) is 10.9 Å². The van der Waals surface area contributed by atoms with Crippen molar-refractivity contribution >= 4 is 17.5 Å². The molecule has 13 heteroatoms. The number of hydrogen-bond acceptors (Lipinski definition) is 6. The third-order valence-corrected chi connectivity index (χ3v) is 7.12. The summed E-state index contributed by atoms with van der Waals surface area (Å²) in [5.74, 6) is 0.427. The summed E-state index contributed by atoms with van der Waals surface area (Å²) in [5.41, 5.74) is -1.75. The van der Waals surface area contributed by atoms with Crippen molar-refractivity contribution in [1.29, 1.82) is 0 Å². The molecule has 5 rings (SSSR count). The Kier molecular flexibility index (Phi) is 8.62. The zero-order valence-electron chi connectivity index (χ0n) is 22.0. The molecule has 222 valence electrons. The molecule has 0 saturated carbocycles. The number of aromatic nitrogens is 3. The molecular formula is C30H21F6N3O3S. The molecule has 5 aromatic rings. The van der Waals surface area contributed by atoms with Crippen LogP contribution in [0.1, 0.15) is 22.3 Å². The molecule has 0 atom stereocenters. The van der Waals surface area contributed by atoms with Crippen LogP contribution in [-0.4, -0.2) is 26.3 Å². The Morgan fingerprint density at radius 2 is 1.49 bits per heavy atom. The molecule has 0 aliphatic rings. The minimum absolute atomic E-state index is 0.0271. The Labute approximate surface area is 245 Å². The van der Waals surface area contributed by atoms with Gasteiger partial charge in [-0.05, 0) is 65.7 Å². The molecule has 0 fully saturated rings. The molecule has 0 unspecified atom stereocenters. The quantitative estimate of drug-likeness (QED) is 0.117. The summed E-state index contributed by atoms with van der Waals surface area (Å²) < 4.78 is 92.3. The highest BCUT2D eigenvalue weighted by Gasteiger charge is 2.37. The Morgan fingerprint density at radius 1 is 0.814 bits per heavy atom. The van der Waals surface area contributed by atoms with Crippen molar-refractivity contribution in [3.63, 3.8) is 0 Å². The molecule has 6 nitrogen and oxygen atoms in total. The molecule has 0 bridgehead atoms. The van der Waals surface area contributed by atoms with Crippen LogP contribution in [0.25, 0.3) is 17.3 Å². The van der Waals surface area contributed by atoms with Crippen LogP contribution in [0.5, 0.6) is 5.75 Å². The predicted octanol–water partition coefficient (Wildman–Crippen LogP) is 8.05. The second-order valence-corrected chi connectivity index (χ2v) is 10.2. The van der Waals surface area contributed by atoms with Gasteiger partial charge in [0, 0.05) is 6.42 Å². The fourth-order valence-corrected chi connectivity index (χ4v) is 4.95. The first-order valence-corrected chi connectivity index (χ1v) is 13.7. The van der Waals surface area contributed by atoms with Gasteiger partial charge in [0.05, 0.1) is 28.8 Å². The number of carbonyl (C=O) groups is 1. The van der Waals surface area contributed by atoms with E-state index in [1.54, 1.807) is 41.0 Å². The number of thioether (sulfide) groups is 1. The van der Waals surface area contributed by atoms with Crippen molar-refractivity contribution in [2.45, 2.75) is 30.5 Å². The highest BCUT2D eigenvalue weighted by atomic mass is 32.2. The molecule has 0 aliphatic heterocycles. The summed E-state index contributed by atoms with van der Waals surface area (Å²) in [7, 11) is 0. The second-order valence-electron chi connectivity index (χ2n) is 9.31. The number of furan rings is 1. The highest BCUT2D eigenvalue weighted by molar-refractivity contribution is 7.99. The summed E-state index contributed by atoms with van der Waals surface area (Å²) in [5, 5.41) is 8.59. The number of carbonyl (C=O) groups excluding carboxylic acids is 1. The van der Waals surface area contributed by atoms with Gasteiger partial charge >= 0.3 is 12.4 Å². The average Bonchev–Trinajstić information content (AvgIpc) is 3.65. The fourth-order valence-electron chi connectivity index (χ4n) is 4.14. The summed E-state index contributed by atoms with van der Waals surface area (Å²) in [6.07, 6.45) is -9.19. The van der Waals surface area contributed by atoms with Gasteiger partial charge in [-0.3, -0.25) is 9.36 Å². The second kappa shape index (κ2) is 12.4. The molecule has 0 amide bonds. The maximum Gasteiger partial charge on any atom is 0.416 e. The Morgan fingerprint density at radius 3 is 2.09 bits per heavy atom. The van der Waals surface area contributed by atoms with Crippen LogP contribution in [0.15, 0.2) is 101 Å². The third-order valence-electron chi connectivity index (χ3n) is 6.13. The minimum Gasteiger partial charge on any atom is -0.489 e. The Balaban J connectivity index is 1.34. The summed E-state index contributed by atoms with van der Waals surface area (Å²) in [6, 6.07) is 21.1. The van der Waals surface area contributed by atoms with E-state index >= 15 is 0 Å². The van der Waals surface area contributed by atoms with Crippen LogP contribution < -0.4 is 4.74 Å². The topological polar surface area (TPSA) is 70.2 Å². The van der Waals surface area contributed by atoms with Gasteiger partial charge in [-0.25, -0.2) is 0 Å². The van der Waals surface area contributed by atoms with Crippen molar-refractivity contribution in [2.75, 3.05) is 5.75 Å². The molecule has 0 spiro atoms. The smallest absolute Gasteiger partial charge is 0.416 e. The maximum atomic E-state index is 13.2. The standard InChI is InChI=1S/C30H21F6N3O3S/c31-29(32,33)21-13-20(14-22(16-21)30(34,35)36)15-24(40)18-43-28-38-37-27(26-7-4-12-41-26)39(28)23-8-10-25(11-9-23)42-17-19-5-2-1-3-6-19/h1-14,16H,15,17-18H2. The normalized spacial score (nSPS) is 12.0. The van der Waals surface area contributed by atoms with Gasteiger partial charge in [0.25, 0.3) is 0 Å². The molecule has 3 aromatic carbocycles. The summed E-state index contributed by atoms with van der Waals surface area (Å²) in [4.78, 5) is 12.7. The number of rotatable bonds is 10. The van der Waals surface area contributed by atoms with E-state index in [1.165, 1.54) is 6.26 Å². The number of halogens is 6.